The number of halogens is 1. The summed E-state index contributed by atoms with van der Waals surface area (Å²) < 4.78 is 31.3. The minimum absolute atomic E-state index is 0.0633. The second kappa shape index (κ2) is 8.24. The number of carbonyl (C=O) groups is 1. The highest BCUT2D eigenvalue weighted by molar-refractivity contribution is 7.92. The maximum absolute atomic E-state index is 12.5. The van der Waals surface area contributed by atoms with Crippen LogP contribution in [0.15, 0.2) is 18.2 Å². The van der Waals surface area contributed by atoms with E-state index < -0.39 is 16.1 Å². The van der Waals surface area contributed by atoms with Crippen LogP contribution in [0, 0.1) is 5.92 Å². The number of nitrogens with zero attached hydrogens (tertiary/aromatic N) is 2. The van der Waals surface area contributed by atoms with Gasteiger partial charge in [-0.15, -0.1) is 0 Å². The van der Waals surface area contributed by atoms with E-state index in [0.29, 0.717) is 28.9 Å². The molecule has 3 rings (SSSR count). The lowest BCUT2D eigenvalue weighted by Crippen LogP contribution is -2.50. The normalized spacial score (nSPS) is 21.4. The van der Waals surface area contributed by atoms with E-state index in [9.17, 15) is 13.2 Å². The van der Waals surface area contributed by atoms with E-state index in [-0.39, 0.29) is 12.5 Å². The first-order valence-electron chi connectivity index (χ1n) is 9.14. The quantitative estimate of drug-likeness (QED) is 0.792. The molecule has 0 spiro atoms. The first kappa shape index (κ1) is 20.2. The molecule has 0 aromatic heterocycles. The lowest BCUT2D eigenvalue weighted by Gasteiger charge is -2.34. The van der Waals surface area contributed by atoms with Gasteiger partial charge in [0.15, 0.2) is 6.10 Å². The van der Waals surface area contributed by atoms with E-state index in [4.69, 9.17) is 16.3 Å². The molecule has 2 aliphatic heterocycles. The van der Waals surface area contributed by atoms with Crippen LogP contribution in [0.2, 0.25) is 5.02 Å². The predicted molar refractivity (Wildman–Crippen MR) is 106 cm³/mol. The van der Waals surface area contributed by atoms with Crippen LogP contribution < -0.4 is 14.4 Å². The molecule has 7 nitrogen and oxygen atoms in total. The van der Waals surface area contributed by atoms with Crippen LogP contribution in [0.5, 0.6) is 5.75 Å². The first-order valence-corrected chi connectivity index (χ1v) is 11.4. The number of hydrogen-bond donors (Lipinski definition) is 1. The van der Waals surface area contributed by atoms with Gasteiger partial charge < -0.3 is 15.0 Å². The van der Waals surface area contributed by atoms with Crippen molar-refractivity contribution in [3.63, 3.8) is 0 Å². The summed E-state index contributed by atoms with van der Waals surface area (Å²) in [6.07, 6.45) is 3.43. The zero-order valence-corrected chi connectivity index (χ0v) is 17.2. The monoisotopic (exact) mass is 415 g/mol. The minimum Gasteiger partial charge on any atom is -0.476 e. The van der Waals surface area contributed by atoms with E-state index in [2.05, 4.69) is 17.3 Å². The standard InChI is InChI=1S/C18H26ClN3O4S/c1-21-9-6-13(7-10-21)5-8-20-18(23)17-12-22(27(2,24)25)15-11-14(19)3-4-16(15)26-17/h3-4,11,13,17H,5-10,12H2,1-2H3,(H,20,23)/t17-/m0/s1. The summed E-state index contributed by atoms with van der Waals surface area (Å²) in [4.78, 5) is 14.9. The van der Waals surface area contributed by atoms with Gasteiger partial charge in [-0.05, 0) is 63.5 Å². The number of fused-ring (bicyclic) bond motifs is 1. The van der Waals surface area contributed by atoms with Crippen molar-refractivity contribution in [2.45, 2.75) is 25.4 Å². The zero-order valence-electron chi connectivity index (χ0n) is 15.7. The molecule has 0 saturated carbocycles. The summed E-state index contributed by atoms with van der Waals surface area (Å²) in [7, 11) is -1.43. The number of piperidine rings is 1. The second-order valence-electron chi connectivity index (χ2n) is 7.34. The van der Waals surface area contributed by atoms with Crippen molar-refractivity contribution in [1.29, 1.82) is 0 Å². The average molecular weight is 416 g/mol. The third kappa shape index (κ3) is 5.06. The molecule has 0 bridgehead atoms. The van der Waals surface area contributed by atoms with Crippen LogP contribution in [0.3, 0.4) is 0 Å². The van der Waals surface area contributed by atoms with Crippen LogP contribution in [0.25, 0.3) is 0 Å². The van der Waals surface area contributed by atoms with Crippen LogP contribution in [0.1, 0.15) is 19.3 Å². The summed E-state index contributed by atoms with van der Waals surface area (Å²) in [6, 6.07) is 4.74. The van der Waals surface area contributed by atoms with Crippen molar-refractivity contribution in [3.05, 3.63) is 23.2 Å². The molecule has 2 aliphatic rings. The summed E-state index contributed by atoms with van der Waals surface area (Å²) in [5.74, 6) is 0.660. The van der Waals surface area contributed by atoms with Gasteiger partial charge in [-0.1, -0.05) is 11.6 Å². The maximum Gasteiger partial charge on any atom is 0.263 e. The Morgan fingerprint density at radius 2 is 2.04 bits per heavy atom. The van der Waals surface area contributed by atoms with Crippen molar-refractivity contribution in [1.82, 2.24) is 10.2 Å². The Balaban J connectivity index is 1.61. The number of anilines is 1. The first-order chi connectivity index (χ1) is 12.7. The number of nitrogens with one attached hydrogen (secondary N) is 1. The minimum atomic E-state index is -3.56. The molecule has 1 amide bonds. The van der Waals surface area contributed by atoms with Crippen molar-refractivity contribution in [3.8, 4) is 5.75 Å². The highest BCUT2D eigenvalue weighted by atomic mass is 35.5. The van der Waals surface area contributed by atoms with Crippen molar-refractivity contribution < 1.29 is 17.9 Å². The molecular formula is C18H26ClN3O4S. The number of sulfonamides is 1. The van der Waals surface area contributed by atoms with E-state index in [1.54, 1.807) is 12.1 Å². The lowest BCUT2D eigenvalue weighted by atomic mass is 9.94. The van der Waals surface area contributed by atoms with Crippen LogP contribution >= 0.6 is 11.6 Å². The molecule has 27 heavy (non-hydrogen) atoms. The Morgan fingerprint density at radius 1 is 1.33 bits per heavy atom. The molecule has 0 aliphatic carbocycles. The van der Waals surface area contributed by atoms with Gasteiger partial charge in [-0.25, -0.2) is 8.42 Å². The van der Waals surface area contributed by atoms with E-state index in [1.807, 2.05) is 0 Å². The molecule has 1 saturated heterocycles. The number of rotatable bonds is 5. The second-order valence-corrected chi connectivity index (χ2v) is 9.68. The van der Waals surface area contributed by atoms with Crippen molar-refractivity contribution in [2.24, 2.45) is 5.92 Å². The van der Waals surface area contributed by atoms with Gasteiger partial charge in [0.2, 0.25) is 10.0 Å². The van der Waals surface area contributed by atoms with Crippen molar-refractivity contribution >= 4 is 33.2 Å². The molecule has 9 heteroatoms. The fourth-order valence-electron chi connectivity index (χ4n) is 3.54. The van der Waals surface area contributed by atoms with Gasteiger partial charge in [0.1, 0.15) is 5.75 Å². The van der Waals surface area contributed by atoms with Gasteiger partial charge in [-0.3, -0.25) is 9.10 Å². The Morgan fingerprint density at radius 3 is 2.70 bits per heavy atom. The highest BCUT2D eigenvalue weighted by Crippen LogP contribution is 2.37. The Hall–Kier alpha value is -1.51. The van der Waals surface area contributed by atoms with Crippen molar-refractivity contribution in [2.75, 3.05) is 43.8 Å². The molecule has 1 aromatic carbocycles. The SMILES string of the molecule is CN1CCC(CCNC(=O)[C@@H]2CN(S(C)(=O)=O)c3cc(Cl)ccc3O2)CC1. The van der Waals surface area contributed by atoms with Gasteiger partial charge >= 0.3 is 0 Å². The molecule has 1 atom stereocenters. The molecule has 1 fully saturated rings. The largest absolute Gasteiger partial charge is 0.476 e. The molecule has 0 unspecified atom stereocenters. The molecule has 1 aromatic rings. The lowest BCUT2D eigenvalue weighted by molar-refractivity contribution is -0.127. The molecule has 2 heterocycles. The number of likely N-dealkylation sites (tertiary alicyclic amines) is 1. The molecule has 150 valence electrons. The number of benzene rings is 1. The molecular weight excluding hydrogens is 390 g/mol. The van der Waals surface area contributed by atoms with Gasteiger partial charge in [-0.2, -0.15) is 0 Å². The molecule has 0 radical (unpaired) electrons. The summed E-state index contributed by atoms with van der Waals surface area (Å²) in [5.41, 5.74) is 0.361. The van der Waals surface area contributed by atoms with E-state index in [0.717, 1.165) is 38.6 Å². The van der Waals surface area contributed by atoms with Crippen LogP contribution in [0.4, 0.5) is 5.69 Å². The van der Waals surface area contributed by atoms with E-state index >= 15 is 0 Å². The highest BCUT2D eigenvalue weighted by Gasteiger charge is 2.35. The number of carbonyl (C=O) groups excluding carboxylic acids is 1. The number of ether oxygens (including phenoxy) is 1. The van der Waals surface area contributed by atoms with Gasteiger partial charge in [0.05, 0.1) is 18.5 Å². The van der Waals surface area contributed by atoms with E-state index in [1.165, 1.54) is 10.4 Å². The summed E-state index contributed by atoms with van der Waals surface area (Å²) >= 11 is 5.98. The third-order valence-corrected chi connectivity index (χ3v) is 6.55. The zero-order chi connectivity index (χ0) is 19.6. The molecule has 1 N–H and O–H groups in total. The van der Waals surface area contributed by atoms with Crippen LogP contribution in [-0.4, -0.2) is 64.8 Å². The Labute approximate surface area is 165 Å². The smallest absolute Gasteiger partial charge is 0.263 e. The predicted octanol–water partition coefficient (Wildman–Crippen LogP) is 1.72. The fraction of sp³-hybridized carbons (Fsp3) is 0.611. The average Bonchev–Trinajstić information content (AvgIpc) is 2.61. The summed E-state index contributed by atoms with van der Waals surface area (Å²) in [5, 5.41) is 3.31. The number of amides is 1. The maximum atomic E-state index is 12.5. The Bertz CT molecular complexity index is 794. The third-order valence-electron chi connectivity index (χ3n) is 5.17. The van der Waals surface area contributed by atoms with Gasteiger partial charge in [0, 0.05) is 11.6 Å². The number of hydrogen-bond acceptors (Lipinski definition) is 5. The fourth-order valence-corrected chi connectivity index (χ4v) is 4.61. The van der Waals surface area contributed by atoms with Gasteiger partial charge in [0.25, 0.3) is 5.91 Å². The summed E-state index contributed by atoms with van der Waals surface area (Å²) in [6.45, 7) is 2.69. The Kier molecular flexibility index (Phi) is 6.18. The topological polar surface area (TPSA) is 79.0 Å². The van der Waals surface area contributed by atoms with Crippen LogP contribution in [-0.2, 0) is 14.8 Å².